The molecule has 2 heterocycles. The SMILES string of the molecule is COc1cc(NC(=O)Cn2nc3cc(-c4ccccc4)nc(C)n3c2=O)cc(OC)c1. The molecule has 0 spiro atoms. The first-order valence-electron chi connectivity index (χ1n) is 9.54. The van der Waals surface area contributed by atoms with Crippen LogP contribution in [-0.2, 0) is 11.3 Å². The molecule has 2 aromatic heterocycles. The number of carbonyl (C=O) groups is 1. The van der Waals surface area contributed by atoms with Crippen molar-refractivity contribution in [1.29, 1.82) is 0 Å². The highest BCUT2D eigenvalue weighted by Gasteiger charge is 2.15. The number of hydrogen-bond acceptors (Lipinski definition) is 6. The summed E-state index contributed by atoms with van der Waals surface area (Å²) in [7, 11) is 3.05. The number of amides is 1. The van der Waals surface area contributed by atoms with Gasteiger partial charge in [0.2, 0.25) is 5.91 Å². The van der Waals surface area contributed by atoms with E-state index < -0.39 is 11.6 Å². The Kier molecular flexibility index (Phi) is 5.40. The van der Waals surface area contributed by atoms with Crippen LogP contribution in [0.1, 0.15) is 5.82 Å². The van der Waals surface area contributed by atoms with Gasteiger partial charge in [0.15, 0.2) is 5.65 Å². The van der Waals surface area contributed by atoms with Crippen molar-refractivity contribution in [1.82, 2.24) is 19.2 Å². The van der Waals surface area contributed by atoms with Crippen LogP contribution in [-0.4, -0.2) is 39.3 Å². The van der Waals surface area contributed by atoms with Crippen molar-refractivity contribution < 1.29 is 14.3 Å². The minimum atomic E-state index is -0.432. The van der Waals surface area contributed by atoms with Gasteiger partial charge in [-0.15, -0.1) is 5.10 Å². The van der Waals surface area contributed by atoms with Crippen molar-refractivity contribution in [3.05, 3.63) is 70.9 Å². The number of anilines is 1. The number of nitrogens with one attached hydrogen (secondary N) is 1. The molecule has 0 atom stereocenters. The molecular formula is C22H21N5O4. The molecule has 4 rings (SSSR count). The molecule has 0 aliphatic rings. The summed E-state index contributed by atoms with van der Waals surface area (Å²) in [6, 6.07) is 16.4. The summed E-state index contributed by atoms with van der Waals surface area (Å²) >= 11 is 0. The number of aryl methyl sites for hydroxylation is 1. The largest absolute Gasteiger partial charge is 0.497 e. The van der Waals surface area contributed by atoms with Gasteiger partial charge in [-0.2, -0.15) is 0 Å². The Morgan fingerprint density at radius 1 is 1.03 bits per heavy atom. The number of carbonyl (C=O) groups excluding carboxylic acids is 1. The second-order valence-corrected chi connectivity index (χ2v) is 6.84. The van der Waals surface area contributed by atoms with Crippen molar-refractivity contribution in [3.8, 4) is 22.8 Å². The van der Waals surface area contributed by atoms with Gasteiger partial charge in [-0.3, -0.25) is 4.79 Å². The second-order valence-electron chi connectivity index (χ2n) is 6.84. The fourth-order valence-electron chi connectivity index (χ4n) is 3.28. The predicted octanol–water partition coefficient (Wildman–Crippen LogP) is 2.52. The summed E-state index contributed by atoms with van der Waals surface area (Å²) in [5.41, 5.74) is 2.10. The normalized spacial score (nSPS) is 10.8. The van der Waals surface area contributed by atoms with Gasteiger partial charge >= 0.3 is 5.69 Å². The summed E-state index contributed by atoms with van der Waals surface area (Å²) in [6.45, 7) is 1.48. The summed E-state index contributed by atoms with van der Waals surface area (Å²) in [5, 5.41) is 7.06. The van der Waals surface area contributed by atoms with Gasteiger partial charge in [0, 0.05) is 35.5 Å². The van der Waals surface area contributed by atoms with E-state index in [1.165, 1.54) is 18.6 Å². The number of hydrogen-bond donors (Lipinski definition) is 1. The third-order valence-electron chi connectivity index (χ3n) is 4.73. The van der Waals surface area contributed by atoms with Crippen molar-refractivity contribution in [2.24, 2.45) is 0 Å². The first kappa shape index (κ1) is 20.1. The molecule has 0 radical (unpaired) electrons. The molecule has 1 N–H and O–H groups in total. The maximum absolute atomic E-state index is 12.8. The lowest BCUT2D eigenvalue weighted by Crippen LogP contribution is -2.28. The smallest absolute Gasteiger partial charge is 0.352 e. The molecule has 9 nitrogen and oxygen atoms in total. The van der Waals surface area contributed by atoms with Crippen molar-refractivity contribution in [2.45, 2.75) is 13.5 Å². The van der Waals surface area contributed by atoms with Gasteiger partial charge in [0.1, 0.15) is 23.9 Å². The van der Waals surface area contributed by atoms with Crippen LogP contribution in [0.15, 0.2) is 59.4 Å². The Morgan fingerprint density at radius 3 is 2.35 bits per heavy atom. The second kappa shape index (κ2) is 8.31. The number of nitrogens with zero attached hydrogens (tertiary/aromatic N) is 4. The summed E-state index contributed by atoms with van der Waals surface area (Å²) in [6.07, 6.45) is 0. The van der Waals surface area contributed by atoms with E-state index in [-0.39, 0.29) is 6.54 Å². The van der Waals surface area contributed by atoms with E-state index in [1.54, 1.807) is 31.2 Å². The number of rotatable bonds is 6. The molecule has 0 aliphatic carbocycles. The summed E-state index contributed by atoms with van der Waals surface area (Å²) in [5.74, 6) is 1.16. The van der Waals surface area contributed by atoms with Crippen LogP contribution in [0.25, 0.3) is 16.9 Å². The highest BCUT2D eigenvalue weighted by molar-refractivity contribution is 5.91. The number of methoxy groups -OCH3 is 2. The highest BCUT2D eigenvalue weighted by atomic mass is 16.5. The summed E-state index contributed by atoms with van der Waals surface area (Å²) < 4.78 is 12.9. The van der Waals surface area contributed by atoms with E-state index >= 15 is 0 Å². The Balaban J connectivity index is 1.61. The van der Waals surface area contributed by atoms with Gasteiger partial charge in [-0.25, -0.2) is 18.9 Å². The minimum Gasteiger partial charge on any atom is -0.497 e. The molecular weight excluding hydrogens is 398 g/mol. The third-order valence-corrected chi connectivity index (χ3v) is 4.73. The maximum Gasteiger partial charge on any atom is 0.352 e. The molecule has 9 heteroatoms. The van der Waals surface area contributed by atoms with Gasteiger partial charge in [-0.1, -0.05) is 30.3 Å². The first-order valence-corrected chi connectivity index (χ1v) is 9.54. The van der Waals surface area contributed by atoms with E-state index in [0.29, 0.717) is 34.4 Å². The first-order chi connectivity index (χ1) is 15.0. The molecule has 2 aromatic carbocycles. The van der Waals surface area contributed by atoms with Crippen LogP contribution in [0.5, 0.6) is 11.5 Å². The van der Waals surface area contributed by atoms with Crippen LogP contribution in [0.4, 0.5) is 5.69 Å². The van der Waals surface area contributed by atoms with Crippen molar-refractivity contribution in [2.75, 3.05) is 19.5 Å². The van der Waals surface area contributed by atoms with Crippen molar-refractivity contribution >= 4 is 17.2 Å². The average molecular weight is 419 g/mol. The third kappa shape index (κ3) is 4.11. The molecule has 0 saturated carbocycles. The van der Waals surface area contributed by atoms with Crippen LogP contribution in [0.2, 0.25) is 0 Å². The van der Waals surface area contributed by atoms with Crippen LogP contribution in [0.3, 0.4) is 0 Å². The fourth-order valence-corrected chi connectivity index (χ4v) is 3.28. The lowest BCUT2D eigenvalue weighted by Gasteiger charge is -2.09. The monoisotopic (exact) mass is 419 g/mol. The molecule has 31 heavy (non-hydrogen) atoms. The zero-order valence-corrected chi connectivity index (χ0v) is 17.3. The van der Waals surface area contributed by atoms with E-state index in [4.69, 9.17) is 9.47 Å². The molecule has 1 amide bonds. The van der Waals surface area contributed by atoms with Gasteiger partial charge in [0.25, 0.3) is 0 Å². The zero-order valence-electron chi connectivity index (χ0n) is 17.3. The molecule has 0 fully saturated rings. The van der Waals surface area contributed by atoms with Crippen LogP contribution in [0, 0.1) is 6.92 Å². The molecule has 0 saturated heterocycles. The lowest BCUT2D eigenvalue weighted by molar-refractivity contribution is -0.117. The van der Waals surface area contributed by atoms with E-state index in [2.05, 4.69) is 15.4 Å². The topological polar surface area (TPSA) is 99.7 Å². The quantitative estimate of drug-likeness (QED) is 0.516. The van der Waals surface area contributed by atoms with E-state index in [9.17, 15) is 9.59 Å². The van der Waals surface area contributed by atoms with Crippen LogP contribution < -0.4 is 20.5 Å². The van der Waals surface area contributed by atoms with Crippen molar-refractivity contribution in [3.63, 3.8) is 0 Å². The Morgan fingerprint density at radius 2 is 1.71 bits per heavy atom. The minimum absolute atomic E-state index is 0.250. The molecule has 0 unspecified atom stereocenters. The highest BCUT2D eigenvalue weighted by Crippen LogP contribution is 2.25. The number of benzene rings is 2. The molecule has 4 aromatic rings. The molecule has 0 aliphatic heterocycles. The molecule has 158 valence electrons. The average Bonchev–Trinajstić information content (AvgIpc) is 3.09. The Labute approximate surface area is 177 Å². The summed E-state index contributed by atoms with van der Waals surface area (Å²) in [4.78, 5) is 29.9. The predicted molar refractivity (Wildman–Crippen MR) is 116 cm³/mol. The van der Waals surface area contributed by atoms with Gasteiger partial charge in [0.05, 0.1) is 19.9 Å². The lowest BCUT2D eigenvalue weighted by atomic mass is 10.1. The maximum atomic E-state index is 12.8. The number of ether oxygens (including phenoxy) is 2. The number of fused-ring (bicyclic) bond motifs is 1. The van der Waals surface area contributed by atoms with Gasteiger partial charge < -0.3 is 14.8 Å². The van der Waals surface area contributed by atoms with E-state index in [0.717, 1.165) is 10.2 Å². The number of aromatic nitrogens is 4. The van der Waals surface area contributed by atoms with Crippen LogP contribution >= 0.6 is 0 Å². The molecule has 0 bridgehead atoms. The van der Waals surface area contributed by atoms with E-state index in [1.807, 2.05) is 30.3 Å². The fraction of sp³-hybridized carbons (Fsp3) is 0.182. The van der Waals surface area contributed by atoms with Gasteiger partial charge in [-0.05, 0) is 6.92 Å². The Bertz CT molecular complexity index is 1290. The standard InChI is InChI=1S/C22H21N5O4/c1-14-23-19(15-7-5-4-6-8-15)12-20-25-26(22(29)27(14)20)13-21(28)24-16-9-17(30-2)11-18(10-16)31-3/h4-12H,13H2,1-3H3,(H,24,28). The Hall–Kier alpha value is -4.14. The zero-order chi connectivity index (χ0) is 22.0.